The van der Waals surface area contributed by atoms with E-state index in [9.17, 15) is 50.9 Å². The smallest absolute Gasteiger partial charge is 0.265 e. The molecular weight excluding hydrogens is 1460 g/mol. The summed E-state index contributed by atoms with van der Waals surface area (Å²) in [4.78, 5) is 27.2. The molecule has 2 heterocycles. The maximum absolute atomic E-state index is 16.3. The van der Waals surface area contributed by atoms with Gasteiger partial charge < -0.3 is 0 Å². The lowest BCUT2D eigenvalue weighted by atomic mass is 9.87. The van der Waals surface area contributed by atoms with Gasteiger partial charge in [0.2, 0.25) is 0 Å². The van der Waals surface area contributed by atoms with Crippen molar-refractivity contribution < 1.29 is 35.1 Å². The summed E-state index contributed by atoms with van der Waals surface area (Å²) in [7, 11) is 0. The lowest BCUT2D eigenvalue weighted by Gasteiger charge is -2.16. The van der Waals surface area contributed by atoms with Crippen molar-refractivity contribution in [3.8, 4) is 115 Å². The van der Waals surface area contributed by atoms with Crippen LogP contribution in [0.2, 0.25) is 0 Å². The molecule has 0 bridgehead atoms. The molecule has 114 heavy (non-hydrogen) atoms. The molecule has 532 valence electrons. The second-order valence-electron chi connectivity index (χ2n) is 25.5. The van der Waals surface area contributed by atoms with E-state index in [1.165, 1.54) is 85.5 Å². The molecule has 0 atom stereocenters. The summed E-state index contributed by atoms with van der Waals surface area (Å²) in [5.41, 5.74) is 4.75. The first kappa shape index (κ1) is 75.0. The normalized spacial score (nSPS) is 13.1. The predicted octanol–water partition coefficient (Wildman–Crippen LogP) is 15.9. The van der Waals surface area contributed by atoms with Crippen LogP contribution in [0.5, 0.6) is 0 Å². The van der Waals surface area contributed by atoms with Crippen molar-refractivity contribution in [2.24, 2.45) is 0 Å². The Bertz CT molecular complexity index is 6740. The molecule has 7 aromatic carbocycles. The fraction of sp³-hybridized carbons (Fsp3) is 0.0667. The molecule has 24 heteroatoms. The molecule has 0 spiro atoms. The Morgan fingerprint density at radius 1 is 0.281 bits per heavy atom. The maximum Gasteiger partial charge on any atom is 0.525 e. The van der Waals surface area contributed by atoms with Crippen LogP contribution in [0.3, 0.4) is 0 Å². The molecule has 16 nitrogen and oxygen atoms in total. The van der Waals surface area contributed by atoms with E-state index < -0.39 is 69.4 Å². The highest BCUT2D eigenvalue weighted by molar-refractivity contribution is 5.94. The van der Waals surface area contributed by atoms with Crippen LogP contribution in [0.15, 0.2) is 214 Å². The van der Waals surface area contributed by atoms with Crippen LogP contribution in [0, 0.1) is 142 Å². The minimum atomic E-state index is -0.897. The van der Waals surface area contributed by atoms with Crippen LogP contribution < -0.4 is 31.3 Å². The third kappa shape index (κ3) is 12.5. The molecule has 0 saturated heterocycles. The van der Waals surface area contributed by atoms with Gasteiger partial charge in [-0.2, -0.15) is 71.2 Å². The highest BCUT2D eigenvalue weighted by atomic mass is 19.2. The minimum Gasteiger partial charge on any atom is -0.265 e. The monoisotopic (exact) mass is 1490 g/mol. The fourth-order valence-electron chi connectivity index (χ4n) is 15.3. The van der Waals surface area contributed by atoms with Gasteiger partial charge in [-0.15, -0.1) is 0 Å². The number of hydrogen-bond donors (Lipinski definition) is 0. The Balaban J connectivity index is 0.000000149. The summed E-state index contributed by atoms with van der Waals surface area (Å²) in [6.07, 6.45) is 5.06. The number of allylic oxidation sites excluding steroid dienone is 9. The van der Waals surface area contributed by atoms with Gasteiger partial charge in [0, 0.05) is 111 Å². The van der Waals surface area contributed by atoms with Crippen LogP contribution in [0.4, 0.5) is 35.1 Å². The van der Waals surface area contributed by atoms with Crippen molar-refractivity contribution in [3.63, 3.8) is 0 Å². The van der Waals surface area contributed by atoms with Gasteiger partial charge in [0.1, 0.15) is 139 Å². The topological polar surface area (TPSA) is 242 Å². The van der Waals surface area contributed by atoms with Gasteiger partial charge in [0.05, 0.1) is 40.0 Å². The summed E-state index contributed by atoms with van der Waals surface area (Å²) in [6, 6.07) is 44.1. The van der Waals surface area contributed by atoms with Crippen LogP contribution in [0.25, 0.3) is 131 Å². The molecule has 0 radical (unpaired) electrons. The summed E-state index contributed by atoms with van der Waals surface area (Å²) in [5, 5.41) is 75.8. The maximum atomic E-state index is 16.3. The molecule has 0 aliphatic heterocycles. The number of fused-ring (bicyclic) bond motifs is 6. The zero-order valence-electron chi connectivity index (χ0n) is 58.3. The summed E-state index contributed by atoms with van der Waals surface area (Å²) >= 11 is 0. The first-order valence-corrected chi connectivity index (χ1v) is 33.5. The second-order valence-corrected chi connectivity index (χ2v) is 25.5. The molecular formula is C90H36F8N16. The van der Waals surface area contributed by atoms with Crippen molar-refractivity contribution in [2.75, 3.05) is 0 Å². The zero-order valence-corrected chi connectivity index (χ0v) is 58.3. The molecule has 0 N–H and O–H groups in total. The molecule has 6 aliphatic rings. The van der Waals surface area contributed by atoms with Crippen molar-refractivity contribution in [1.29, 1.82) is 42.1 Å². The highest BCUT2D eigenvalue weighted by Crippen LogP contribution is 2.45. The highest BCUT2D eigenvalue weighted by Gasteiger charge is 2.41. The molecule has 0 unspecified atom stereocenters. The number of pyridine rings is 2. The molecule has 0 saturated carbocycles. The second kappa shape index (κ2) is 30.9. The van der Waals surface area contributed by atoms with Crippen molar-refractivity contribution in [3.05, 3.63) is 370 Å². The van der Waals surface area contributed by atoms with E-state index in [1.807, 2.05) is 12.1 Å². The van der Waals surface area contributed by atoms with E-state index in [0.717, 1.165) is 12.1 Å². The van der Waals surface area contributed by atoms with Gasteiger partial charge in [-0.1, -0.05) is 48.5 Å². The molecule has 15 rings (SSSR count). The van der Waals surface area contributed by atoms with E-state index in [2.05, 4.69) is 39.0 Å². The third-order valence-corrected chi connectivity index (χ3v) is 19.9. The molecule has 0 fully saturated rings. The number of rotatable bonds is 6. The summed E-state index contributed by atoms with van der Waals surface area (Å²) in [6.45, 7) is 44.2. The Morgan fingerprint density at radius 3 is 0.719 bits per heavy atom. The van der Waals surface area contributed by atoms with Gasteiger partial charge in [-0.05, 0) is 173 Å². The minimum absolute atomic E-state index is 0.0461. The van der Waals surface area contributed by atoms with Crippen molar-refractivity contribution >= 4 is 35.0 Å². The van der Waals surface area contributed by atoms with Crippen LogP contribution >= 0.6 is 0 Å². The first-order valence-electron chi connectivity index (χ1n) is 33.5. The SMILES string of the molecule is [C-]#[N+]C([N+]#[C-])=C1Cc2c(-c3ccc(C#N)cc3)c3c(c(-c4ccc(C#N)cc4)c2=C1F)CC(=C(C#N)C#N)C=3F.[C-]#[N+]C([N+]#[C-])=C1Cc2c(-c3cccc(F)c3)c3c(c(-c4cccc(F)c4)c2=C1F)CC(=C(C#N)C#N)C=3F.[C-]#[N+]C([N+]#[C-])=C1Cc2c(-c3ccncc3)c3c(c(-c4ccncc4)c2=C1F)CC(=C(C#N)C#N)C=3F. The van der Waals surface area contributed by atoms with E-state index >= 15 is 26.3 Å². The number of hydrogen-bond acceptors (Lipinski definition) is 10. The first-order chi connectivity index (χ1) is 55.3. The van der Waals surface area contributed by atoms with Crippen LogP contribution in [0.1, 0.15) is 44.5 Å². The number of benzene rings is 7. The number of nitriles is 8. The molecule has 2 aromatic heterocycles. The average Bonchev–Trinajstić information content (AvgIpc) is 1.56. The van der Waals surface area contributed by atoms with Gasteiger partial charge in [-0.25, -0.2) is 35.1 Å². The molecule has 6 aliphatic carbocycles. The number of halogens is 8. The Morgan fingerprint density at radius 2 is 0.500 bits per heavy atom. The standard InChI is InChI=1S/C32H12F2N6.C30H12F4N4.C28H12F2N6/c1-39-32(40-2)25-12-24-27(20-9-5-18(14-36)6-10-20)28-23(11-22(30(28)33)21(15-37)16-38)26(29(24)31(25)34)19-7-3-17(13-35)4-8-19;1-37-30(38-2)23-12-22-25(16-6-4-8-19(32)10-16)26-21(11-20(28(26)33)17(13-35)14-36)24(27(22)29(23)34)15-5-3-7-18(31)9-15;1-33-28(34-2)21-12-20-23(16-5-9-36-10-6-16)24-19(11-18(26(24)29)17(13-31)14-32)22(25(20)27(21)30)15-3-7-35-8-4-15/h3-10H,11-12H2;3-10H,11-12H2;3-10H,11-12H2. The fourth-order valence-corrected chi connectivity index (χ4v) is 15.3. The van der Waals surface area contributed by atoms with Crippen LogP contribution in [-0.2, 0) is 38.5 Å². The molecule has 0 amide bonds. The van der Waals surface area contributed by atoms with E-state index in [1.54, 1.807) is 84.9 Å². The zero-order chi connectivity index (χ0) is 81.1. The van der Waals surface area contributed by atoms with Crippen molar-refractivity contribution in [2.45, 2.75) is 38.5 Å². The van der Waals surface area contributed by atoms with Gasteiger partial charge in [0.15, 0.2) is 0 Å². The van der Waals surface area contributed by atoms with Gasteiger partial charge in [0.25, 0.3) is 0 Å². The van der Waals surface area contributed by atoms with Gasteiger partial charge >= 0.3 is 17.5 Å². The Kier molecular flexibility index (Phi) is 20.4. The van der Waals surface area contributed by atoms with E-state index in [-0.39, 0.29) is 148 Å². The summed E-state index contributed by atoms with van der Waals surface area (Å²) in [5.74, 6) is -7.39. The van der Waals surface area contributed by atoms with Crippen LogP contribution in [-0.4, -0.2) is 9.97 Å². The number of nitrogens with zero attached hydrogens (tertiary/aromatic N) is 16. The van der Waals surface area contributed by atoms with E-state index in [4.69, 9.17) is 39.4 Å². The largest absolute Gasteiger partial charge is 0.525 e. The Labute approximate surface area is 642 Å². The van der Waals surface area contributed by atoms with Crippen molar-refractivity contribution in [1.82, 2.24) is 9.97 Å². The lowest BCUT2D eigenvalue weighted by Crippen LogP contribution is -2.24. The average molecular weight is 1490 g/mol. The van der Waals surface area contributed by atoms with E-state index in [0.29, 0.717) is 77.9 Å². The van der Waals surface area contributed by atoms with Gasteiger partial charge in [-0.3, -0.25) is 9.97 Å². The molecule has 9 aromatic rings. The third-order valence-electron chi connectivity index (χ3n) is 19.9. The lowest BCUT2D eigenvalue weighted by molar-refractivity contribution is 0.628. The number of aromatic nitrogens is 2. The summed E-state index contributed by atoms with van der Waals surface area (Å²) < 4.78 is 126. The quantitative estimate of drug-likeness (QED) is 0.0866. The predicted molar refractivity (Wildman–Crippen MR) is 399 cm³/mol. The Hall–Kier alpha value is -17.2.